The Bertz CT molecular complexity index is 1080. The third-order valence-electron chi connectivity index (χ3n) is 5.11. The van der Waals surface area contributed by atoms with E-state index >= 15 is 0 Å². The van der Waals surface area contributed by atoms with E-state index in [0.29, 0.717) is 35.2 Å². The maximum absolute atomic E-state index is 12.6. The highest BCUT2D eigenvalue weighted by Gasteiger charge is 2.28. The smallest absolute Gasteiger partial charge is 0.319 e. The predicted octanol–water partition coefficient (Wildman–Crippen LogP) is 4.40. The third kappa shape index (κ3) is 5.05. The van der Waals surface area contributed by atoms with E-state index in [4.69, 9.17) is 5.73 Å². The summed E-state index contributed by atoms with van der Waals surface area (Å²) >= 11 is 0. The molecule has 164 valence electrons. The fourth-order valence-electron chi connectivity index (χ4n) is 3.79. The van der Waals surface area contributed by atoms with E-state index in [1.54, 1.807) is 12.3 Å². The summed E-state index contributed by atoms with van der Waals surface area (Å²) in [6, 6.07) is 11.4. The topological polar surface area (TPSA) is 102 Å². The van der Waals surface area contributed by atoms with Gasteiger partial charge in [0, 0.05) is 29.6 Å². The molecule has 0 radical (unpaired) electrons. The number of primary amides is 1. The Morgan fingerprint density at radius 1 is 1.16 bits per heavy atom. The minimum Gasteiger partial charge on any atom is -0.366 e. The van der Waals surface area contributed by atoms with Gasteiger partial charge in [-0.15, -0.1) is 0 Å². The number of nitrogens with one attached hydrogen (secondary N) is 2. The number of aromatic nitrogens is 2. The van der Waals surface area contributed by atoms with Crippen molar-refractivity contribution in [3.05, 3.63) is 59.4 Å². The molecule has 7 heteroatoms. The van der Waals surface area contributed by atoms with E-state index in [-0.39, 0.29) is 11.6 Å². The number of carbonyl (C=O) groups is 2. The number of amides is 3. The predicted molar refractivity (Wildman–Crippen MR) is 124 cm³/mol. The molecule has 0 bridgehead atoms. The van der Waals surface area contributed by atoms with Crippen molar-refractivity contribution in [3.63, 3.8) is 0 Å². The average Bonchev–Trinajstić information content (AvgIpc) is 3.02. The van der Waals surface area contributed by atoms with Crippen molar-refractivity contribution in [2.75, 3.05) is 11.9 Å². The first-order valence-electron chi connectivity index (χ1n) is 10.6. The van der Waals surface area contributed by atoms with Crippen LogP contribution >= 0.6 is 0 Å². The van der Waals surface area contributed by atoms with Gasteiger partial charge in [-0.05, 0) is 38.8 Å². The molecule has 0 aliphatic heterocycles. The van der Waals surface area contributed by atoms with Crippen molar-refractivity contribution in [1.82, 2.24) is 14.9 Å². The lowest BCUT2D eigenvalue weighted by molar-refractivity contribution is 0.100. The molecule has 4 N–H and O–H groups in total. The zero-order valence-corrected chi connectivity index (χ0v) is 18.7. The summed E-state index contributed by atoms with van der Waals surface area (Å²) in [6.07, 6.45) is 4.07. The fourth-order valence-corrected chi connectivity index (χ4v) is 3.79. The average molecular weight is 422 g/mol. The van der Waals surface area contributed by atoms with Crippen molar-refractivity contribution in [3.8, 4) is 0 Å². The first-order valence-corrected chi connectivity index (χ1v) is 10.6. The van der Waals surface area contributed by atoms with Crippen LogP contribution in [0.2, 0.25) is 0 Å². The molecule has 31 heavy (non-hydrogen) atoms. The summed E-state index contributed by atoms with van der Waals surface area (Å²) in [5.41, 5.74) is 9.04. The van der Waals surface area contributed by atoms with Crippen LogP contribution in [-0.2, 0) is 12.0 Å². The van der Waals surface area contributed by atoms with Gasteiger partial charge in [0.15, 0.2) is 0 Å². The lowest BCUT2D eigenvalue weighted by Gasteiger charge is -2.25. The molecule has 0 fully saturated rings. The number of unbranched alkanes of at least 4 members (excludes halogenated alkanes) is 1. The summed E-state index contributed by atoms with van der Waals surface area (Å²) in [4.78, 5) is 29.3. The molecular formula is C24H31N5O2. The molecular weight excluding hydrogens is 390 g/mol. The zero-order chi connectivity index (χ0) is 22.6. The van der Waals surface area contributed by atoms with E-state index < -0.39 is 5.91 Å². The first kappa shape index (κ1) is 22.3. The SMILES string of the molecule is CCCCNC(=O)Nc1cnc2c(c1)c(C(N)=O)c(Cc1ccccc1)n2C(C)(C)C. The normalized spacial score (nSPS) is 11.5. The van der Waals surface area contributed by atoms with E-state index in [1.807, 2.05) is 30.3 Å². The second-order valence-corrected chi connectivity index (χ2v) is 8.68. The van der Waals surface area contributed by atoms with Crippen LogP contribution in [0, 0.1) is 0 Å². The van der Waals surface area contributed by atoms with Gasteiger partial charge in [0.05, 0.1) is 17.4 Å². The lowest BCUT2D eigenvalue weighted by Crippen LogP contribution is -2.29. The van der Waals surface area contributed by atoms with Gasteiger partial charge in [-0.2, -0.15) is 0 Å². The van der Waals surface area contributed by atoms with Gasteiger partial charge in [-0.25, -0.2) is 9.78 Å². The maximum Gasteiger partial charge on any atom is 0.319 e. The summed E-state index contributed by atoms with van der Waals surface area (Å²) in [6.45, 7) is 8.88. The Morgan fingerprint density at radius 3 is 2.48 bits per heavy atom. The summed E-state index contributed by atoms with van der Waals surface area (Å²) < 4.78 is 2.07. The van der Waals surface area contributed by atoms with E-state index in [2.05, 4.69) is 47.9 Å². The molecule has 7 nitrogen and oxygen atoms in total. The van der Waals surface area contributed by atoms with Gasteiger partial charge in [0.2, 0.25) is 0 Å². The number of nitrogens with zero attached hydrogens (tertiary/aromatic N) is 2. The van der Waals surface area contributed by atoms with Gasteiger partial charge in [-0.1, -0.05) is 43.7 Å². The highest BCUT2D eigenvalue weighted by atomic mass is 16.2. The van der Waals surface area contributed by atoms with Gasteiger partial charge in [-0.3, -0.25) is 4.79 Å². The zero-order valence-electron chi connectivity index (χ0n) is 18.7. The van der Waals surface area contributed by atoms with Crippen LogP contribution in [-0.4, -0.2) is 28.0 Å². The van der Waals surface area contributed by atoms with E-state index in [9.17, 15) is 9.59 Å². The number of rotatable bonds is 7. The van der Waals surface area contributed by atoms with Crippen LogP contribution in [0.25, 0.3) is 11.0 Å². The number of fused-ring (bicyclic) bond motifs is 1. The highest BCUT2D eigenvalue weighted by molar-refractivity contribution is 6.08. The number of nitrogens with two attached hydrogens (primary N) is 1. The number of hydrogen-bond donors (Lipinski definition) is 3. The largest absolute Gasteiger partial charge is 0.366 e. The number of anilines is 1. The van der Waals surface area contributed by atoms with Crippen LogP contribution < -0.4 is 16.4 Å². The number of benzene rings is 1. The molecule has 0 atom stereocenters. The molecule has 3 amide bonds. The molecule has 0 saturated heterocycles. The van der Waals surface area contributed by atoms with Gasteiger partial charge < -0.3 is 20.9 Å². The molecule has 0 unspecified atom stereocenters. The van der Waals surface area contributed by atoms with Crippen molar-refractivity contribution in [1.29, 1.82) is 0 Å². The quantitative estimate of drug-likeness (QED) is 0.493. The van der Waals surface area contributed by atoms with Crippen LogP contribution in [0.15, 0.2) is 42.6 Å². The van der Waals surface area contributed by atoms with Gasteiger partial charge in [0.1, 0.15) is 5.65 Å². The Hall–Kier alpha value is -3.35. The second kappa shape index (κ2) is 9.20. The van der Waals surface area contributed by atoms with Crippen molar-refractivity contribution < 1.29 is 9.59 Å². The Kier molecular flexibility index (Phi) is 6.63. The van der Waals surface area contributed by atoms with Gasteiger partial charge >= 0.3 is 6.03 Å². The molecule has 0 spiro atoms. The monoisotopic (exact) mass is 421 g/mol. The molecule has 0 saturated carbocycles. The summed E-state index contributed by atoms with van der Waals surface area (Å²) in [5, 5.41) is 6.26. The number of hydrogen-bond acceptors (Lipinski definition) is 3. The fraction of sp³-hybridized carbons (Fsp3) is 0.375. The molecule has 2 heterocycles. The standard InChI is InChI=1S/C24H31N5O2/c1-5-6-12-26-23(31)28-17-14-18-20(21(25)30)19(13-16-10-8-7-9-11-16)29(24(2,3)4)22(18)27-15-17/h7-11,14-15H,5-6,12-13H2,1-4H3,(H2,25,30)(H2,26,28,31). The Balaban J connectivity index is 2.10. The van der Waals surface area contributed by atoms with Crippen LogP contribution in [0.3, 0.4) is 0 Å². The van der Waals surface area contributed by atoms with Gasteiger partial charge in [0.25, 0.3) is 5.91 Å². The third-order valence-corrected chi connectivity index (χ3v) is 5.11. The molecule has 0 aliphatic rings. The molecule has 0 aliphatic carbocycles. The second-order valence-electron chi connectivity index (χ2n) is 8.68. The van der Waals surface area contributed by atoms with Crippen LogP contribution in [0.1, 0.15) is 62.2 Å². The number of carbonyl (C=O) groups excluding carboxylic acids is 2. The minimum atomic E-state index is -0.509. The lowest BCUT2D eigenvalue weighted by atomic mass is 10.0. The van der Waals surface area contributed by atoms with Crippen LogP contribution in [0.4, 0.5) is 10.5 Å². The Morgan fingerprint density at radius 2 is 1.87 bits per heavy atom. The molecule has 1 aromatic carbocycles. The van der Waals surface area contributed by atoms with E-state index in [0.717, 1.165) is 24.1 Å². The Labute approximate surface area is 183 Å². The van der Waals surface area contributed by atoms with Crippen molar-refractivity contribution >= 4 is 28.7 Å². The van der Waals surface area contributed by atoms with Crippen molar-refractivity contribution in [2.24, 2.45) is 5.73 Å². The molecule has 3 rings (SSSR count). The highest BCUT2D eigenvalue weighted by Crippen LogP contribution is 2.33. The maximum atomic E-state index is 12.6. The molecule has 2 aromatic heterocycles. The molecule has 3 aromatic rings. The van der Waals surface area contributed by atoms with Crippen molar-refractivity contribution in [2.45, 2.75) is 52.5 Å². The summed E-state index contributed by atoms with van der Waals surface area (Å²) in [5.74, 6) is -0.509. The minimum absolute atomic E-state index is 0.296. The number of pyridine rings is 1. The van der Waals surface area contributed by atoms with Crippen LogP contribution in [0.5, 0.6) is 0 Å². The number of urea groups is 1. The first-order chi connectivity index (χ1) is 14.7. The van der Waals surface area contributed by atoms with E-state index in [1.165, 1.54) is 0 Å². The summed E-state index contributed by atoms with van der Waals surface area (Å²) in [7, 11) is 0.